The number of hydrogen-bond acceptors (Lipinski definition) is 3. The van der Waals surface area contributed by atoms with Crippen LogP contribution < -0.4 is 10.6 Å². The van der Waals surface area contributed by atoms with Crippen LogP contribution in [0.4, 0.5) is 0 Å². The zero-order valence-electron chi connectivity index (χ0n) is 11.8. The van der Waals surface area contributed by atoms with Crippen LogP contribution in [0, 0.1) is 0 Å². The van der Waals surface area contributed by atoms with Crippen LogP contribution >= 0.6 is 0 Å². The van der Waals surface area contributed by atoms with E-state index in [1.807, 2.05) is 13.8 Å². The maximum Gasteiger partial charge on any atom is 0.234 e. The highest BCUT2D eigenvalue weighted by molar-refractivity contribution is 5.78. The second-order valence-corrected chi connectivity index (χ2v) is 5.35. The Morgan fingerprint density at radius 3 is 2.50 bits per heavy atom. The molecule has 0 radical (unpaired) electrons. The molecule has 1 aliphatic rings. The zero-order chi connectivity index (χ0) is 13.2. The third kappa shape index (κ3) is 7.67. The average Bonchev–Trinajstić information content (AvgIpc) is 2.56. The molecule has 4 nitrogen and oxygen atoms in total. The van der Waals surface area contributed by atoms with E-state index in [-0.39, 0.29) is 12.0 Å². The van der Waals surface area contributed by atoms with Gasteiger partial charge in [0.1, 0.15) is 0 Å². The lowest BCUT2D eigenvalue weighted by atomic mass is 10.1. The number of nitrogens with one attached hydrogen (secondary N) is 2. The average molecular weight is 256 g/mol. The molecular formula is C14H28N2O2. The Morgan fingerprint density at radius 2 is 1.89 bits per heavy atom. The summed E-state index contributed by atoms with van der Waals surface area (Å²) in [7, 11) is 0. The lowest BCUT2D eigenvalue weighted by Gasteiger charge is -2.16. The van der Waals surface area contributed by atoms with Gasteiger partial charge in [-0.15, -0.1) is 0 Å². The van der Waals surface area contributed by atoms with Gasteiger partial charge in [0.15, 0.2) is 0 Å². The van der Waals surface area contributed by atoms with Gasteiger partial charge in [0.05, 0.1) is 19.3 Å². The number of carbonyl (C=O) groups is 1. The van der Waals surface area contributed by atoms with E-state index in [9.17, 15) is 4.79 Å². The molecule has 1 saturated carbocycles. The summed E-state index contributed by atoms with van der Waals surface area (Å²) in [5, 5.41) is 6.22. The van der Waals surface area contributed by atoms with E-state index >= 15 is 0 Å². The fraction of sp³-hybridized carbons (Fsp3) is 0.929. The molecule has 0 saturated heterocycles. The van der Waals surface area contributed by atoms with Gasteiger partial charge in [0.2, 0.25) is 5.91 Å². The van der Waals surface area contributed by atoms with Crippen LogP contribution in [-0.2, 0) is 9.53 Å². The number of hydrogen-bond donors (Lipinski definition) is 2. The fourth-order valence-electron chi connectivity index (χ4n) is 2.27. The van der Waals surface area contributed by atoms with Crippen LogP contribution in [0.1, 0.15) is 52.4 Å². The number of amides is 1. The largest absolute Gasteiger partial charge is 0.377 e. The van der Waals surface area contributed by atoms with Gasteiger partial charge in [-0.2, -0.15) is 0 Å². The summed E-state index contributed by atoms with van der Waals surface area (Å²) in [4.78, 5) is 11.7. The van der Waals surface area contributed by atoms with Crippen LogP contribution in [0.25, 0.3) is 0 Å². The molecule has 0 atom stereocenters. The van der Waals surface area contributed by atoms with Crippen molar-refractivity contribution < 1.29 is 9.53 Å². The van der Waals surface area contributed by atoms with E-state index in [0.29, 0.717) is 19.2 Å². The number of rotatable bonds is 7. The molecule has 18 heavy (non-hydrogen) atoms. The first kappa shape index (κ1) is 15.4. The first-order chi connectivity index (χ1) is 8.68. The summed E-state index contributed by atoms with van der Waals surface area (Å²) in [6, 6.07) is 0.397. The lowest BCUT2D eigenvalue weighted by molar-refractivity contribution is -0.121. The molecule has 1 amide bonds. The minimum Gasteiger partial charge on any atom is -0.377 e. The van der Waals surface area contributed by atoms with Gasteiger partial charge >= 0.3 is 0 Å². The molecule has 0 aromatic heterocycles. The quantitative estimate of drug-likeness (QED) is 0.540. The predicted molar refractivity (Wildman–Crippen MR) is 73.6 cm³/mol. The van der Waals surface area contributed by atoms with Crippen LogP contribution in [0.3, 0.4) is 0 Å². The number of ether oxygens (including phenoxy) is 1. The highest BCUT2D eigenvalue weighted by Gasteiger charge is 2.13. The Balaban J connectivity index is 2.02. The van der Waals surface area contributed by atoms with Crippen molar-refractivity contribution in [1.82, 2.24) is 10.6 Å². The fourth-order valence-corrected chi connectivity index (χ4v) is 2.27. The second-order valence-electron chi connectivity index (χ2n) is 5.35. The maximum atomic E-state index is 11.7. The van der Waals surface area contributed by atoms with Crippen molar-refractivity contribution in [2.45, 2.75) is 64.5 Å². The van der Waals surface area contributed by atoms with Gasteiger partial charge in [0.25, 0.3) is 0 Å². The van der Waals surface area contributed by atoms with Gasteiger partial charge in [-0.1, -0.05) is 25.7 Å². The molecular weight excluding hydrogens is 228 g/mol. The van der Waals surface area contributed by atoms with Crippen molar-refractivity contribution in [3.63, 3.8) is 0 Å². The molecule has 4 heteroatoms. The van der Waals surface area contributed by atoms with E-state index in [1.165, 1.54) is 25.7 Å². The van der Waals surface area contributed by atoms with Crippen LogP contribution in [0.15, 0.2) is 0 Å². The minimum absolute atomic E-state index is 0.117. The molecule has 0 aromatic carbocycles. The summed E-state index contributed by atoms with van der Waals surface area (Å²) in [5.41, 5.74) is 0. The molecule has 1 rings (SSSR count). The van der Waals surface area contributed by atoms with Crippen molar-refractivity contribution in [3.05, 3.63) is 0 Å². The van der Waals surface area contributed by atoms with Gasteiger partial charge in [-0.3, -0.25) is 4.79 Å². The molecule has 0 aromatic rings. The monoisotopic (exact) mass is 256 g/mol. The van der Waals surface area contributed by atoms with Crippen molar-refractivity contribution in [3.8, 4) is 0 Å². The summed E-state index contributed by atoms with van der Waals surface area (Å²) in [5.74, 6) is 0.117. The Hall–Kier alpha value is -0.610. The van der Waals surface area contributed by atoms with E-state index in [0.717, 1.165) is 19.4 Å². The first-order valence-corrected chi connectivity index (χ1v) is 7.30. The van der Waals surface area contributed by atoms with Gasteiger partial charge in [-0.05, 0) is 26.7 Å². The summed E-state index contributed by atoms with van der Waals surface area (Å²) >= 11 is 0. The maximum absolute atomic E-state index is 11.7. The number of carbonyl (C=O) groups excluding carboxylic acids is 1. The van der Waals surface area contributed by atoms with E-state index in [4.69, 9.17) is 4.74 Å². The third-order valence-corrected chi connectivity index (χ3v) is 3.24. The lowest BCUT2D eigenvalue weighted by Crippen LogP contribution is -2.41. The SMILES string of the molecule is CC(C)OCCNCC(=O)NC1CCCCCC1. The first-order valence-electron chi connectivity index (χ1n) is 7.30. The van der Waals surface area contributed by atoms with Gasteiger partial charge < -0.3 is 15.4 Å². The molecule has 2 N–H and O–H groups in total. The van der Waals surface area contributed by atoms with Crippen LogP contribution in [-0.4, -0.2) is 37.7 Å². The van der Waals surface area contributed by atoms with E-state index in [2.05, 4.69) is 10.6 Å². The van der Waals surface area contributed by atoms with Gasteiger partial charge in [-0.25, -0.2) is 0 Å². The Labute approximate surface area is 111 Å². The Morgan fingerprint density at radius 1 is 1.22 bits per heavy atom. The molecule has 1 aliphatic carbocycles. The summed E-state index contributed by atoms with van der Waals surface area (Å²) < 4.78 is 5.40. The highest BCUT2D eigenvalue weighted by atomic mass is 16.5. The molecule has 0 bridgehead atoms. The third-order valence-electron chi connectivity index (χ3n) is 3.24. The van der Waals surface area contributed by atoms with Gasteiger partial charge in [0, 0.05) is 12.6 Å². The molecule has 0 unspecified atom stereocenters. The Bertz CT molecular complexity index is 224. The molecule has 0 spiro atoms. The normalized spacial score (nSPS) is 17.7. The van der Waals surface area contributed by atoms with Crippen molar-refractivity contribution in [2.24, 2.45) is 0 Å². The standard InChI is InChI=1S/C14H28N2O2/c1-12(2)18-10-9-15-11-14(17)16-13-7-5-3-4-6-8-13/h12-13,15H,3-11H2,1-2H3,(H,16,17). The Kier molecular flexibility index (Phi) is 8.01. The summed E-state index contributed by atoms with van der Waals surface area (Å²) in [6.07, 6.45) is 7.67. The molecule has 0 heterocycles. The minimum atomic E-state index is 0.117. The van der Waals surface area contributed by atoms with Crippen LogP contribution in [0.2, 0.25) is 0 Å². The van der Waals surface area contributed by atoms with Crippen molar-refractivity contribution in [1.29, 1.82) is 0 Å². The molecule has 0 aliphatic heterocycles. The van der Waals surface area contributed by atoms with E-state index in [1.54, 1.807) is 0 Å². The second kappa shape index (κ2) is 9.34. The van der Waals surface area contributed by atoms with Crippen LogP contribution in [0.5, 0.6) is 0 Å². The summed E-state index contributed by atoms with van der Waals surface area (Å²) in [6.45, 7) is 5.82. The van der Waals surface area contributed by atoms with E-state index < -0.39 is 0 Å². The van der Waals surface area contributed by atoms with Crippen molar-refractivity contribution in [2.75, 3.05) is 19.7 Å². The van der Waals surface area contributed by atoms with Crippen molar-refractivity contribution >= 4 is 5.91 Å². The smallest absolute Gasteiger partial charge is 0.234 e. The predicted octanol–water partition coefficient (Wildman–Crippen LogP) is 1.84. The molecule has 1 fully saturated rings. The highest BCUT2D eigenvalue weighted by Crippen LogP contribution is 2.16. The molecule has 106 valence electrons. The topological polar surface area (TPSA) is 50.4 Å². The zero-order valence-corrected chi connectivity index (χ0v) is 11.8.